The molecule has 0 fully saturated rings. The summed E-state index contributed by atoms with van der Waals surface area (Å²) in [5.74, 6) is 1.17. The van der Waals surface area contributed by atoms with Gasteiger partial charge < -0.3 is 14.1 Å². The number of hydrogen-bond donors (Lipinski definition) is 0. The van der Waals surface area contributed by atoms with Crippen molar-refractivity contribution in [2.75, 3.05) is 7.05 Å². The Kier molecular flexibility index (Phi) is 6.81. The molecule has 23 heavy (non-hydrogen) atoms. The molecule has 0 bridgehead atoms. The highest BCUT2D eigenvalue weighted by Crippen LogP contribution is 2.44. The van der Waals surface area contributed by atoms with Crippen molar-refractivity contribution in [3.8, 4) is 0 Å². The number of hydrogen-bond acceptors (Lipinski definition) is 3. The maximum absolute atomic E-state index is 6.68. The van der Waals surface area contributed by atoms with Crippen LogP contribution in [-0.4, -0.2) is 32.4 Å². The molecule has 0 saturated heterocycles. The Bertz CT molecular complexity index is 407. The standard InChI is InChI=1S/C19H37NO2Si/c1-11-17-19(13(2)3)20(10)12-18(21-17)22-23(14(4)5,15(6)7)16(8)9/h11-17,19H,1H2,2-10H3/t17-,19-/m0/s1. The summed E-state index contributed by atoms with van der Waals surface area (Å²) in [6.45, 7) is 22.2. The van der Waals surface area contributed by atoms with Gasteiger partial charge in [-0.2, -0.15) is 0 Å². The van der Waals surface area contributed by atoms with E-state index in [4.69, 9.17) is 9.16 Å². The monoisotopic (exact) mass is 339 g/mol. The van der Waals surface area contributed by atoms with Crippen LogP contribution in [0.2, 0.25) is 16.6 Å². The van der Waals surface area contributed by atoms with Crippen LogP contribution in [0.4, 0.5) is 0 Å². The summed E-state index contributed by atoms with van der Waals surface area (Å²) in [5, 5.41) is 0. The lowest BCUT2D eigenvalue weighted by Crippen LogP contribution is -2.51. The summed E-state index contributed by atoms with van der Waals surface area (Å²) in [6, 6.07) is 0.299. The molecule has 0 N–H and O–H groups in total. The van der Waals surface area contributed by atoms with E-state index < -0.39 is 8.32 Å². The fraction of sp³-hybridized carbons (Fsp3) is 0.789. The Labute approximate surface area is 144 Å². The Balaban J connectivity index is 3.15. The second-order valence-corrected chi connectivity index (χ2v) is 13.5. The molecule has 0 aromatic carbocycles. The van der Waals surface area contributed by atoms with Crippen LogP contribution in [0.25, 0.3) is 0 Å². The largest absolute Gasteiger partial charge is 0.517 e. The van der Waals surface area contributed by atoms with Crippen LogP contribution < -0.4 is 0 Å². The summed E-state index contributed by atoms with van der Waals surface area (Å²) in [7, 11) is 0.117. The van der Waals surface area contributed by atoms with E-state index >= 15 is 0 Å². The number of likely N-dealkylation sites (N-methyl/N-ethyl adjacent to an activating group) is 1. The molecule has 0 aromatic heterocycles. The first kappa shape index (κ1) is 20.1. The van der Waals surface area contributed by atoms with Crippen molar-refractivity contribution >= 4 is 8.32 Å². The van der Waals surface area contributed by atoms with E-state index in [1.165, 1.54) is 0 Å². The first-order valence-corrected chi connectivity index (χ1v) is 11.1. The fourth-order valence-electron chi connectivity index (χ4n) is 4.33. The lowest BCUT2D eigenvalue weighted by atomic mass is 9.96. The van der Waals surface area contributed by atoms with Crippen LogP contribution >= 0.6 is 0 Å². The SMILES string of the molecule is C=C[C@@H]1OC(O[Si](C(C)C)(C(C)C)C(C)C)=CN(C)[C@H]1C(C)C. The van der Waals surface area contributed by atoms with E-state index in [0.29, 0.717) is 34.5 Å². The summed E-state index contributed by atoms with van der Waals surface area (Å²) in [4.78, 5) is 2.23. The molecule has 0 amide bonds. The minimum atomic E-state index is -1.99. The average Bonchev–Trinajstić information content (AvgIpc) is 2.42. The second-order valence-electron chi connectivity index (χ2n) is 8.09. The van der Waals surface area contributed by atoms with Crippen LogP contribution in [0.3, 0.4) is 0 Å². The highest BCUT2D eigenvalue weighted by atomic mass is 28.4. The lowest BCUT2D eigenvalue weighted by molar-refractivity contribution is -0.0229. The van der Waals surface area contributed by atoms with Crippen molar-refractivity contribution in [3.63, 3.8) is 0 Å². The van der Waals surface area contributed by atoms with E-state index in [1.807, 2.05) is 12.3 Å². The zero-order valence-electron chi connectivity index (χ0n) is 16.6. The summed E-state index contributed by atoms with van der Waals surface area (Å²) >= 11 is 0. The van der Waals surface area contributed by atoms with Crippen molar-refractivity contribution in [2.24, 2.45) is 5.92 Å². The number of nitrogens with zero attached hydrogens (tertiary/aromatic N) is 1. The van der Waals surface area contributed by atoms with Gasteiger partial charge in [0.25, 0.3) is 14.3 Å². The zero-order valence-corrected chi connectivity index (χ0v) is 17.6. The van der Waals surface area contributed by atoms with Gasteiger partial charge in [-0.15, -0.1) is 0 Å². The molecule has 134 valence electrons. The van der Waals surface area contributed by atoms with Crippen LogP contribution in [-0.2, 0) is 9.16 Å². The van der Waals surface area contributed by atoms with Crippen LogP contribution in [0.15, 0.2) is 24.8 Å². The lowest BCUT2D eigenvalue weighted by Gasteiger charge is -2.46. The third-order valence-electron chi connectivity index (χ3n) is 5.27. The predicted molar refractivity (Wildman–Crippen MR) is 102 cm³/mol. The van der Waals surface area contributed by atoms with Crippen LogP contribution in [0.5, 0.6) is 0 Å². The summed E-state index contributed by atoms with van der Waals surface area (Å²) in [5.41, 5.74) is 1.59. The van der Waals surface area contributed by atoms with Gasteiger partial charge in [0, 0.05) is 7.05 Å². The first-order valence-electron chi connectivity index (χ1n) is 8.99. The molecular formula is C19H37NO2Si. The molecule has 2 atom stereocenters. The minimum absolute atomic E-state index is 0.0295. The van der Waals surface area contributed by atoms with E-state index in [1.54, 1.807) is 0 Å². The molecule has 0 saturated carbocycles. The number of rotatable bonds is 7. The van der Waals surface area contributed by atoms with Gasteiger partial charge in [0.2, 0.25) is 0 Å². The Morgan fingerprint density at radius 3 is 1.91 bits per heavy atom. The molecule has 0 aromatic rings. The molecule has 0 unspecified atom stereocenters. The van der Waals surface area contributed by atoms with Crippen molar-refractivity contribution in [2.45, 2.75) is 84.2 Å². The van der Waals surface area contributed by atoms with Gasteiger partial charge >= 0.3 is 0 Å². The van der Waals surface area contributed by atoms with Gasteiger partial charge in [-0.1, -0.05) is 62.0 Å². The molecule has 0 radical (unpaired) electrons. The molecule has 1 rings (SSSR count). The van der Waals surface area contributed by atoms with Gasteiger partial charge in [-0.05, 0) is 28.6 Å². The Morgan fingerprint density at radius 2 is 1.57 bits per heavy atom. The number of ether oxygens (including phenoxy) is 1. The van der Waals surface area contributed by atoms with Crippen LogP contribution in [0, 0.1) is 5.92 Å². The third-order valence-corrected chi connectivity index (χ3v) is 11.2. The topological polar surface area (TPSA) is 21.7 Å². The maximum atomic E-state index is 6.68. The molecule has 3 nitrogen and oxygen atoms in total. The van der Waals surface area contributed by atoms with Crippen molar-refractivity contribution in [3.05, 3.63) is 24.8 Å². The fourth-order valence-corrected chi connectivity index (χ4v) is 9.49. The highest BCUT2D eigenvalue weighted by molar-refractivity contribution is 6.77. The predicted octanol–water partition coefficient (Wildman–Crippen LogP) is 5.52. The molecule has 1 aliphatic heterocycles. The van der Waals surface area contributed by atoms with Gasteiger partial charge in [0.05, 0.1) is 12.2 Å². The Hall–Kier alpha value is -0.903. The van der Waals surface area contributed by atoms with E-state index in [2.05, 4.69) is 73.9 Å². The average molecular weight is 340 g/mol. The van der Waals surface area contributed by atoms with Crippen molar-refractivity contribution in [1.82, 2.24) is 4.90 Å². The summed E-state index contributed by atoms with van der Waals surface area (Å²) in [6.07, 6.45) is 3.92. The quantitative estimate of drug-likeness (QED) is 0.450. The molecule has 1 heterocycles. The van der Waals surface area contributed by atoms with Gasteiger partial charge in [-0.3, -0.25) is 0 Å². The van der Waals surface area contributed by atoms with Gasteiger partial charge in [0.15, 0.2) is 0 Å². The third kappa shape index (κ3) is 3.96. The van der Waals surface area contributed by atoms with E-state index in [9.17, 15) is 0 Å². The molecule has 1 aliphatic rings. The minimum Gasteiger partial charge on any atom is -0.517 e. The molecule has 0 aliphatic carbocycles. The first-order chi connectivity index (χ1) is 10.6. The highest BCUT2D eigenvalue weighted by Gasteiger charge is 2.48. The second kappa shape index (κ2) is 7.78. The molecular weight excluding hydrogens is 302 g/mol. The summed E-state index contributed by atoms with van der Waals surface area (Å²) < 4.78 is 12.9. The van der Waals surface area contributed by atoms with E-state index in [0.717, 1.165) is 0 Å². The molecule has 4 heteroatoms. The van der Waals surface area contributed by atoms with Crippen molar-refractivity contribution < 1.29 is 9.16 Å². The zero-order chi connectivity index (χ0) is 17.9. The van der Waals surface area contributed by atoms with Gasteiger partial charge in [0.1, 0.15) is 6.10 Å². The normalized spacial score (nSPS) is 22.7. The van der Waals surface area contributed by atoms with E-state index in [-0.39, 0.29) is 6.10 Å². The Morgan fingerprint density at radius 1 is 1.09 bits per heavy atom. The van der Waals surface area contributed by atoms with Crippen molar-refractivity contribution in [1.29, 1.82) is 0 Å². The van der Waals surface area contributed by atoms with Gasteiger partial charge in [-0.25, -0.2) is 0 Å². The molecule has 0 spiro atoms. The van der Waals surface area contributed by atoms with Crippen LogP contribution in [0.1, 0.15) is 55.4 Å². The maximum Gasteiger partial charge on any atom is 0.282 e. The smallest absolute Gasteiger partial charge is 0.282 e.